The molecule has 0 heterocycles. The Labute approximate surface area is 165 Å². The Balaban J connectivity index is 1.58. The van der Waals surface area contributed by atoms with Crippen molar-refractivity contribution in [3.63, 3.8) is 0 Å². The summed E-state index contributed by atoms with van der Waals surface area (Å²) in [6.45, 7) is 3.32. The molecule has 4 heteroatoms. The standard InChI is InChI=1S/C24H21NO3/c1-18(25-19(2)26)8-9-20-10-12-22(13-11-20)28-24-16-14-23(15-17-24)27-21-6-4-3-5-7-21/h3-7,10-18H,1-2H3,(H,25,26). The van der Waals surface area contributed by atoms with Crippen molar-refractivity contribution in [2.45, 2.75) is 19.9 Å². The van der Waals surface area contributed by atoms with Crippen LogP contribution in [0.5, 0.6) is 23.0 Å². The van der Waals surface area contributed by atoms with E-state index in [1.54, 1.807) is 0 Å². The van der Waals surface area contributed by atoms with E-state index in [9.17, 15) is 4.79 Å². The maximum absolute atomic E-state index is 11.0. The van der Waals surface area contributed by atoms with E-state index in [2.05, 4.69) is 17.2 Å². The lowest BCUT2D eigenvalue weighted by Gasteiger charge is -2.08. The van der Waals surface area contributed by atoms with Crippen molar-refractivity contribution in [1.29, 1.82) is 0 Å². The largest absolute Gasteiger partial charge is 0.457 e. The number of para-hydroxylation sites is 1. The van der Waals surface area contributed by atoms with Gasteiger partial charge < -0.3 is 14.8 Å². The number of carbonyl (C=O) groups is 1. The highest BCUT2D eigenvalue weighted by Gasteiger charge is 2.01. The minimum Gasteiger partial charge on any atom is -0.457 e. The highest BCUT2D eigenvalue weighted by atomic mass is 16.5. The molecular formula is C24H21NO3. The van der Waals surface area contributed by atoms with E-state index in [0.717, 1.165) is 28.6 Å². The van der Waals surface area contributed by atoms with Gasteiger partial charge in [0.2, 0.25) is 5.91 Å². The molecular weight excluding hydrogens is 350 g/mol. The first-order valence-corrected chi connectivity index (χ1v) is 8.98. The molecule has 0 aliphatic rings. The summed E-state index contributed by atoms with van der Waals surface area (Å²) in [5.41, 5.74) is 0.858. The zero-order chi connectivity index (χ0) is 19.8. The number of amides is 1. The normalized spacial score (nSPS) is 10.9. The van der Waals surface area contributed by atoms with Crippen molar-refractivity contribution in [2.24, 2.45) is 0 Å². The Morgan fingerprint density at radius 2 is 1.25 bits per heavy atom. The number of rotatable bonds is 5. The Bertz CT molecular complexity index is 968. The molecule has 3 rings (SSSR count). The first-order chi connectivity index (χ1) is 13.6. The van der Waals surface area contributed by atoms with E-state index in [1.165, 1.54) is 6.92 Å². The summed E-state index contributed by atoms with van der Waals surface area (Å²) in [4.78, 5) is 11.0. The number of benzene rings is 3. The van der Waals surface area contributed by atoms with Crippen LogP contribution in [-0.2, 0) is 4.79 Å². The van der Waals surface area contributed by atoms with E-state index in [1.807, 2.05) is 85.8 Å². The van der Waals surface area contributed by atoms with Gasteiger partial charge in [0, 0.05) is 12.5 Å². The summed E-state index contributed by atoms with van der Waals surface area (Å²) in [5.74, 6) is 8.91. The van der Waals surface area contributed by atoms with Crippen LogP contribution >= 0.6 is 0 Å². The topological polar surface area (TPSA) is 47.6 Å². The SMILES string of the molecule is CC(=O)NC(C)C#Cc1ccc(Oc2ccc(Oc3ccccc3)cc2)cc1. The molecule has 0 saturated heterocycles. The van der Waals surface area contributed by atoms with Crippen molar-refractivity contribution in [2.75, 3.05) is 0 Å². The van der Waals surface area contributed by atoms with E-state index in [0.29, 0.717) is 0 Å². The van der Waals surface area contributed by atoms with Gasteiger partial charge in [-0.3, -0.25) is 4.79 Å². The fraction of sp³-hybridized carbons (Fsp3) is 0.125. The zero-order valence-electron chi connectivity index (χ0n) is 15.8. The van der Waals surface area contributed by atoms with Crippen molar-refractivity contribution >= 4 is 5.91 Å². The highest BCUT2D eigenvalue weighted by molar-refractivity contribution is 5.73. The minimum absolute atomic E-state index is 0.0919. The van der Waals surface area contributed by atoms with Gasteiger partial charge in [0.25, 0.3) is 0 Å². The molecule has 140 valence electrons. The summed E-state index contributed by atoms with van der Waals surface area (Å²) in [6, 6.07) is 24.4. The molecule has 0 bridgehead atoms. The molecule has 0 spiro atoms. The third kappa shape index (κ3) is 5.93. The molecule has 4 nitrogen and oxygen atoms in total. The van der Waals surface area contributed by atoms with Gasteiger partial charge in [-0.2, -0.15) is 0 Å². The minimum atomic E-state index is -0.190. The van der Waals surface area contributed by atoms with Crippen LogP contribution in [0.15, 0.2) is 78.9 Å². The van der Waals surface area contributed by atoms with Gasteiger partial charge in [-0.25, -0.2) is 0 Å². The van der Waals surface area contributed by atoms with Crippen LogP contribution < -0.4 is 14.8 Å². The molecule has 3 aromatic carbocycles. The molecule has 3 aromatic rings. The third-order valence-electron chi connectivity index (χ3n) is 3.75. The van der Waals surface area contributed by atoms with Crippen molar-refractivity contribution < 1.29 is 14.3 Å². The molecule has 0 aromatic heterocycles. The smallest absolute Gasteiger partial charge is 0.217 e. The van der Waals surface area contributed by atoms with Gasteiger partial charge in [0.1, 0.15) is 23.0 Å². The molecule has 1 atom stereocenters. The van der Waals surface area contributed by atoms with Crippen LogP contribution in [-0.4, -0.2) is 11.9 Å². The van der Waals surface area contributed by atoms with Crippen LogP contribution in [0, 0.1) is 11.8 Å². The predicted molar refractivity (Wildman–Crippen MR) is 110 cm³/mol. The summed E-state index contributed by atoms with van der Waals surface area (Å²) in [5, 5.41) is 2.73. The Morgan fingerprint density at radius 3 is 1.75 bits per heavy atom. The second kappa shape index (κ2) is 9.29. The molecule has 0 aliphatic carbocycles. The number of hydrogen-bond donors (Lipinski definition) is 1. The molecule has 0 radical (unpaired) electrons. The Hall–Kier alpha value is -3.71. The van der Waals surface area contributed by atoms with Crippen molar-refractivity contribution in [3.05, 3.63) is 84.4 Å². The van der Waals surface area contributed by atoms with Gasteiger partial charge in [0.05, 0.1) is 6.04 Å². The average Bonchev–Trinajstić information content (AvgIpc) is 2.69. The maximum Gasteiger partial charge on any atom is 0.217 e. The number of nitrogens with one attached hydrogen (secondary N) is 1. The summed E-state index contributed by atoms with van der Waals surface area (Å²) >= 11 is 0. The number of hydrogen-bond acceptors (Lipinski definition) is 3. The third-order valence-corrected chi connectivity index (χ3v) is 3.75. The van der Waals surface area contributed by atoms with E-state index in [-0.39, 0.29) is 11.9 Å². The fourth-order valence-corrected chi connectivity index (χ4v) is 2.48. The molecule has 0 saturated carbocycles. The highest BCUT2D eigenvalue weighted by Crippen LogP contribution is 2.26. The molecule has 1 unspecified atom stereocenters. The van der Waals surface area contributed by atoms with Crippen LogP contribution in [0.3, 0.4) is 0 Å². The van der Waals surface area contributed by atoms with Gasteiger partial charge in [-0.05, 0) is 67.6 Å². The lowest BCUT2D eigenvalue weighted by atomic mass is 10.2. The monoisotopic (exact) mass is 371 g/mol. The molecule has 1 N–H and O–H groups in total. The van der Waals surface area contributed by atoms with Crippen LogP contribution in [0.1, 0.15) is 19.4 Å². The van der Waals surface area contributed by atoms with Gasteiger partial charge in [-0.1, -0.05) is 30.0 Å². The van der Waals surface area contributed by atoms with Gasteiger partial charge in [-0.15, -0.1) is 0 Å². The van der Waals surface area contributed by atoms with Gasteiger partial charge in [0.15, 0.2) is 0 Å². The van der Waals surface area contributed by atoms with Crippen LogP contribution in [0.4, 0.5) is 0 Å². The zero-order valence-corrected chi connectivity index (χ0v) is 15.8. The number of ether oxygens (including phenoxy) is 2. The van der Waals surface area contributed by atoms with Gasteiger partial charge >= 0.3 is 0 Å². The van der Waals surface area contributed by atoms with E-state index >= 15 is 0 Å². The summed E-state index contributed by atoms with van der Waals surface area (Å²) in [6.07, 6.45) is 0. The summed E-state index contributed by atoms with van der Waals surface area (Å²) < 4.78 is 11.6. The lowest BCUT2D eigenvalue weighted by Crippen LogP contribution is -2.28. The first-order valence-electron chi connectivity index (χ1n) is 8.98. The van der Waals surface area contributed by atoms with Crippen molar-refractivity contribution in [3.8, 4) is 34.8 Å². The molecule has 1 amide bonds. The van der Waals surface area contributed by atoms with Crippen LogP contribution in [0.2, 0.25) is 0 Å². The second-order valence-electron chi connectivity index (χ2n) is 6.20. The van der Waals surface area contributed by atoms with E-state index < -0.39 is 0 Å². The van der Waals surface area contributed by atoms with Crippen molar-refractivity contribution in [1.82, 2.24) is 5.32 Å². The predicted octanol–water partition coefficient (Wildman–Crippen LogP) is 5.15. The lowest BCUT2D eigenvalue weighted by molar-refractivity contribution is -0.119. The molecule has 0 fully saturated rings. The molecule has 28 heavy (non-hydrogen) atoms. The van der Waals surface area contributed by atoms with E-state index in [4.69, 9.17) is 9.47 Å². The second-order valence-corrected chi connectivity index (χ2v) is 6.20. The average molecular weight is 371 g/mol. The summed E-state index contributed by atoms with van der Waals surface area (Å²) in [7, 11) is 0. The van der Waals surface area contributed by atoms with Crippen LogP contribution in [0.25, 0.3) is 0 Å². The Morgan fingerprint density at radius 1 is 0.786 bits per heavy atom. The maximum atomic E-state index is 11.0. The number of carbonyl (C=O) groups excluding carboxylic acids is 1. The molecule has 0 aliphatic heterocycles. The first kappa shape index (κ1) is 19.1. The fourth-order valence-electron chi connectivity index (χ4n) is 2.48. The Kier molecular flexibility index (Phi) is 6.33. The quantitative estimate of drug-likeness (QED) is 0.631.